The first-order chi connectivity index (χ1) is 8.06. The predicted molar refractivity (Wildman–Crippen MR) is 61.5 cm³/mol. The predicted octanol–water partition coefficient (Wildman–Crippen LogP) is 1.15. The fourth-order valence-corrected chi connectivity index (χ4v) is 1.71. The Kier molecular flexibility index (Phi) is 4.05. The molecule has 1 unspecified atom stereocenters. The Labute approximate surface area is 99.2 Å². The Bertz CT molecular complexity index is 526. The first-order valence-corrected chi connectivity index (χ1v) is 5.26. The van der Waals surface area contributed by atoms with E-state index in [0.29, 0.717) is 12.1 Å². The maximum absolute atomic E-state index is 12.0. The number of rotatable bonds is 3. The first-order valence-electron chi connectivity index (χ1n) is 5.26. The molecule has 5 nitrogen and oxygen atoms in total. The van der Waals surface area contributed by atoms with Crippen LogP contribution in [0.3, 0.4) is 0 Å². The molecule has 0 bridgehead atoms. The maximum atomic E-state index is 12.0. The summed E-state index contributed by atoms with van der Waals surface area (Å²) in [4.78, 5) is 23.6. The Morgan fingerprint density at radius 3 is 2.71 bits per heavy atom. The van der Waals surface area contributed by atoms with Gasteiger partial charge < -0.3 is 4.74 Å². The van der Waals surface area contributed by atoms with Gasteiger partial charge in [-0.05, 0) is 25.5 Å². The van der Waals surface area contributed by atoms with Gasteiger partial charge in [0.2, 0.25) is 0 Å². The highest BCUT2D eigenvalue weighted by Crippen LogP contribution is 2.13. The Hall–Kier alpha value is -2.09. The maximum Gasteiger partial charge on any atom is 0.328 e. The molecule has 0 saturated heterocycles. The monoisotopic (exact) mass is 234 g/mol. The summed E-state index contributed by atoms with van der Waals surface area (Å²) in [6, 6.07) is 4.23. The fourth-order valence-electron chi connectivity index (χ4n) is 1.71. The molecule has 1 aromatic rings. The molecular formula is C12H14N2O3. The molecule has 0 fully saturated rings. The van der Waals surface area contributed by atoms with Crippen molar-refractivity contribution >= 4 is 5.97 Å². The van der Waals surface area contributed by atoms with Gasteiger partial charge in [-0.25, -0.2) is 4.79 Å². The number of aryl methyl sites for hydroxylation is 1. The topological polar surface area (TPSA) is 72.1 Å². The number of nitrogens with zero attached hydrogens (tertiary/aromatic N) is 2. The summed E-state index contributed by atoms with van der Waals surface area (Å²) >= 11 is 0. The lowest BCUT2D eigenvalue weighted by Crippen LogP contribution is -2.33. The van der Waals surface area contributed by atoms with Gasteiger partial charge in [-0.3, -0.25) is 9.36 Å². The zero-order valence-corrected chi connectivity index (χ0v) is 10.1. The summed E-state index contributed by atoms with van der Waals surface area (Å²) in [5.41, 5.74) is 0.203. The van der Waals surface area contributed by atoms with Gasteiger partial charge in [0.15, 0.2) is 0 Å². The second kappa shape index (κ2) is 5.30. The summed E-state index contributed by atoms with van der Waals surface area (Å²) in [5.74, 6) is -0.479. The van der Waals surface area contributed by atoms with E-state index in [9.17, 15) is 9.59 Å². The number of pyridine rings is 1. The van der Waals surface area contributed by atoms with Gasteiger partial charge in [-0.2, -0.15) is 5.26 Å². The molecular weight excluding hydrogens is 220 g/mol. The van der Waals surface area contributed by atoms with E-state index >= 15 is 0 Å². The first kappa shape index (κ1) is 13.0. The smallest absolute Gasteiger partial charge is 0.328 e. The fraction of sp³-hybridized carbons (Fsp3) is 0.417. The zero-order chi connectivity index (χ0) is 13.0. The van der Waals surface area contributed by atoms with Crippen molar-refractivity contribution in [1.82, 2.24) is 4.57 Å². The molecule has 0 aromatic carbocycles. The van der Waals surface area contributed by atoms with Crippen molar-refractivity contribution in [3.05, 3.63) is 33.7 Å². The minimum Gasteiger partial charge on any atom is -0.467 e. The van der Waals surface area contributed by atoms with Crippen LogP contribution < -0.4 is 5.56 Å². The van der Waals surface area contributed by atoms with E-state index in [-0.39, 0.29) is 5.56 Å². The molecule has 0 aliphatic carbocycles. The largest absolute Gasteiger partial charge is 0.467 e. The molecule has 1 aromatic heterocycles. The summed E-state index contributed by atoms with van der Waals surface area (Å²) < 4.78 is 5.97. The average molecular weight is 234 g/mol. The zero-order valence-electron chi connectivity index (χ0n) is 10.1. The number of hydrogen-bond acceptors (Lipinski definition) is 4. The number of esters is 1. The second-order valence-corrected chi connectivity index (χ2v) is 3.62. The Morgan fingerprint density at radius 2 is 2.24 bits per heavy atom. The van der Waals surface area contributed by atoms with Crippen LogP contribution in [0.25, 0.3) is 0 Å². The number of methoxy groups -OCH3 is 1. The third-order valence-electron chi connectivity index (χ3n) is 2.61. The van der Waals surface area contributed by atoms with E-state index in [4.69, 9.17) is 5.26 Å². The van der Waals surface area contributed by atoms with Gasteiger partial charge in [-0.1, -0.05) is 6.92 Å². The number of hydrogen-bond donors (Lipinski definition) is 0. The minimum absolute atomic E-state index is 0.0259. The highest BCUT2D eigenvalue weighted by Gasteiger charge is 2.22. The standard InChI is InChI=1S/C12H14N2O3/c1-4-10(12(16)17-3)14-8(2)5-6-9(7-13)11(14)15/h5-6,10H,4H2,1-3H3. The van der Waals surface area contributed by atoms with Crippen LogP contribution in [0.1, 0.15) is 30.6 Å². The molecule has 0 spiro atoms. The Balaban J connectivity index is 3.44. The van der Waals surface area contributed by atoms with Gasteiger partial charge in [0.25, 0.3) is 5.56 Å². The van der Waals surface area contributed by atoms with Gasteiger partial charge in [-0.15, -0.1) is 0 Å². The quantitative estimate of drug-likeness (QED) is 0.735. The number of ether oxygens (including phenoxy) is 1. The van der Waals surface area contributed by atoms with E-state index in [0.717, 1.165) is 0 Å². The molecule has 90 valence electrons. The van der Waals surface area contributed by atoms with Crippen LogP contribution in [0.5, 0.6) is 0 Å². The van der Waals surface area contributed by atoms with E-state index in [2.05, 4.69) is 4.74 Å². The van der Waals surface area contributed by atoms with Gasteiger partial charge >= 0.3 is 5.97 Å². The third-order valence-corrected chi connectivity index (χ3v) is 2.61. The molecule has 17 heavy (non-hydrogen) atoms. The van der Waals surface area contributed by atoms with Crippen LogP contribution in [-0.2, 0) is 9.53 Å². The van der Waals surface area contributed by atoms with Crippen LogP contribution >= 0.6 is 0 Å². The van der Waals surface area contributed by atoms with E-state index in [1.54, 1.807) is 19.9 Å². The van der Waals surface area contributed by atoms with E-state index in [1.807, 2.05) is 6.07 Å². The van der Waals surface area contributed by atoms with Crippen molar-refractivity contribution in [2.24, 2.45) is 0 Å². The van der Waals surface area contributed by atoms with Crippen LogP contribution in [0, 0.1) is 18.3 Å². The molecule has 1 atom stereocenters. The minimum atomic E-state index is -0.680. The van der Waals surface area contributed by atoms with Crippen LogP contribution in [0.4, 0.5) is 0 Å². The van der Waals surface area contributed by atoms with Crippen LogP contribution in [0.15, 0.2) is 16.9 Å². The molecule has 0 aliphatic heterocycles. The summed E-state index contributed by atoms with van der Waals surface area (Å²) in [7, 11) is 1.28. The molecule has 0 radical (unpaired) electrons. The van der Waals surface area contributed by atoms with Crippen molar-refractivity contribution in [2.45, 2.75) is 26.3 Å². The number of carbonyl (C=O) groups excluding carboxylic acids is 1. The SMILES string of the molecule is CCC(C(=O)OC)n1c(C)ccc(C#N)c1=O. The second-order valence-electron chi connectivity index (χ2n) is 3.62. The molecule has 0 saturated carbocycles. The normalized spacial score (nSPS) is 11.6. The molecule has 0 N–H and O–H groups in total. The van der Waals surface area contributed by atoms with E-state index in [1.165, 1.54) is 17.7 Å². The van der Waals surface area contributed by atoms with Gasteiger partial charge in [0, 0.05) is 5.69 Å². The highest BCUT2D eigenvalue weighted by atomic mass is 16.5. The summed E-state index contributed by atoms with van der Waals surface area (Å²) in [5, 5.41) is 8.80. The lowest BCUT2D eigenvalue weighted by molar-refractivity contribution is -0.144. The van der Waals surface area contributed by atoms with Gasteiger partial charge in [0.1, 0.15) is 17.7 Å². The van der Waals surface area contributed by atoms with Crippen LogP contribution in [-0.4, -0.2) is 17.6 Å². The van der Waals surface area contributed by atoms with Gasteiger partial charge in [0.05, 0.1) is 7.11 Å². The average Bonchev–Trinajstić information content (AvgIpc) is 2.33. The third kappa shape index (κ3) is 2.36. The van der Waals surface area contributed by atoms with Crippen molar-refractivity contribution in [3.63, 3.8) is 0 Å². The van der Waals surface area contributed by atoms with Crippen molar-refractivity contribution in [1.29, 1.82) is 5.26 Å². The molecule has 1 rings (SSSR count). The highest BCUT2D eigenvalue weighted by molar-refractivity contribution is 5.74. The number of nitriles is 1. The number of aromatic nitrogens is 1. The molecule has 0 amide bonds. The van der Waals surface area contributed by atoms with E-state index < -0.39 is 17.6 Å². The van der Waals surface area contributed by atoms with Crippen molar-refractivity contribution < 1.29 is 9.53 Å². The number of carbonyl (C=O) groups is 1. The lowest BCUT2D eigenvalue weighted by atomic mass is 10.1. The van der Waals surface area contributed by atoms with Crippen LogP contribution in [0.2, 0.25) is 0 Å². The molecule has 1 heterocycles. The molecule has 5 heteroatoms. The molecule has 0 aliphatic rings. The summed E-state index contributed by atoms with van der Waals surface area (Å²) in [6.07, 6.45) is 0.433. The van der Waals surface area contributed by atoms with Crippen molar-refractivity contribution in [2.75, 3.05) is 7.11 Å². The van der Waals surface area contributed by atoms with Crippen molar-refractivity contribution in [3.8, 4) is 6.07 Å². The summed E-state index contributed by atoms with van der Waals surface area (Å²) in [6.45, 7) is 3.50. The lowest BCUT2D eigenvalue weighted by Gasteiger charge is -2.18. The Morgan fingerprint density at radius 1 is 1.59 bits per heavy atom.